The van der Waals surface area contributed by atoms with E-state index in [1.807, 2.05) is 19.9 Å². The van der Waals surface area contributed by atoms with Crippen molar-refractivity contribution in [2.45, 2.75) is 71.7 Å². The topological polar surface area (TPSA) is 26.3 Å². The van der Waals surface area contributed by atoms with Crippen molar-refractivity contribution in [1.82, 2.24) is 0 Å². The zero-order chi connectivity index (χ0) is 17.4. The summed E-state index contributed by atoms with van der Waals surface area (Å²) in [6.07, 6.45) is 1.51. The monoisotopic (exact) mass is 328 g/mol. The van der Waals surface area contributed by atoms with Crippen LogP contribution in [-0.2, 0) is 5.41 Å². The second-order valence-corrected chi connectivity index (χ2v) is 13.1. The third-order valence-electron chi connectivity index (χ3n) is 4.03. The van der Waals surface area contributed by atoms with Crippen molar-refractivity contribution >= 4 is 13.9 Å². The van der Waals surface area contributed by atoms with Gasteiger partial charge in [0.05, 0.1) is 11.7 Å². The summed E-state index contributed by atoms with van der Waals surface area (Å²) in [6, 6.07) is 4.05. The molecule has 0 saturated heterocycles. The average Bonchev–Trinajstić information content (AvgIpc) is 2.39. The van der Waals surface area contributed by atoms with Crippen LogP contribution in [-0.4, -0.2) is 20.0 Å². The van der Waals surface area contributed by atoms with E-state index >= 15 is 0 Å². The van der Waals surface area contributed by atoms with Gasteiger partial charge >= 0.3 is 0 Å². The van der Waals surface area contributed by atoms with E-state index in [0.717, 1.165) is 23.1 Å². The summed E-state index contributed by atoms with van der Waals surface area (Å²) in [7, 11) is -1.44. The molecule has 0 N–H and O–H groups in total. The van der Waals surface area contributed by atoms with Gasteiger partial charge in [0.15, 0.2) is 5.78 Å². The Morgan fingerprint density at radius 2 is 1.87 bits per heavy atom. The van der Waals surface area contributed by atoms with Crippen molar-refractivity contribution in [3.63, 3.8) is 0 Å². The number of carbonyl (C=O) groups is 1. The molecule has 3 heteroatoms. The zero-order valence-electron chi connectivity index (χ0n) is 15.5. The molecule has 0 saturated carbocycles. The van der Waals surface area contributed by atoms with E-state index < -0.39 is 8.07 Å². The standard InChI is InChI=1S/C20H28O2Si/c1-14(2)22-18-13-15(9-11-23(5,6)7)12-16-19(18)17(21)8-10-20(16,3)4/h12-14H,8,10H2,1-7H3. The van der Waals surface area contributed by atoms with E-state index in [1.165, 1.54) is 0 Å². The minimum Gasteiger partial charge on any atom is -0.490 e. The molecule has 1 aliphatic rings. The van der Waals surface area contributed by atoms with Gasteiger partial charge in [-0.2, -0.15) is 0 Å². The number of Topliss-reactive ketones (excluding diaryl/α,β-unsaturated/α-hetero) is 1. The van der Waals surface area contributed by atoms with Crippen molar-refractivity contribution in [1.29, 1.82) is 0 Å². The average molecular weight is 329 g/mol. The summed E-state index contributed by atoms with van der Waals surface area (Å²) < 4.78 is 5.97. The number of hydrogen-bond donors (Lipinski definition) is 0. The molecule has 1 aromatic rings. The number of carbonyl (C=O) groups excluding carboxylic acids is 1. The van der Waals surface area contributed by atoms with Crippen LogP contribution in [0.2, 0.25) is 19.6 Å². The van der Waals surface area contributed by atoms with Gasteiger partial charge in [0.2, 0.25) is 0 Å². The Kier molecular flexibility index (Phi) is 4.78. The number of ketones is 1. The Bertz CT molecular complexity index is 682. The highest BCUT2D eigenvalue weighted by Crippen LogP contribution is 2.41. The SMILES string of the molecule is CC(C)Oc1cc(C#C[Si](C)(C)C)cc2c1C(=O)CCC2(C)C. The van der Waals surface area contributed by atoms with Crippen molar-refractivity contribution < 1.29 is 9.53 Å². The lowest BCUT2D eigenvalue weighted by Crippen LogP contribution is -2.28. The van der Waals surface area contributed by atoms with Gasteiger partial charge in [-0.15, -0.1) is 5.54 Å². The van der Waals surface area contributed by atoms with E-state index in [9.17, 15) is 4.79 Å². The van der Waals surface area contributed by atoms with Gasteiger partial charge in [-0.25, -0.2) is 0 Å². The highest BCUT2D eigenvalue weighted by Gasteiger charge is 2.34. The summed E-state index contributed by atoms with van der Waals surface area (Å²) in [5.74, 6) is 4.22. The number of rotatable bonds is 2. The maximum atomic E-state index is 12.5. The summed E-state index contributed by atoms with van der Waals surface area (Å²) in [6.45, 7) is 15.1. The first kappa shape index (κ1) is 17.8. The Morgan fingerprint density at radius 1 is 1.22 bits per heavy atom. The van der Waals surface area contributed by atoms with Crippen LogP contribution in [0.3, 0.4) is 0 Å². The highest BCUT2D eigenvalue weighted by molar-refractivity contribution is 6.83. The predicted octanol–water partition coefficient (Wildman–Crippen LogP) is 4.96. The molecular weight excluding hydrogens is 300 g/mol. The van der Waals surface area contributed by atoms with Crippen molar-refractivity contribution in [2.75, 3.05) is 0 Å². The van der Waals surface area contributed by atoms with Crippen LogP contribution in [0.4, 0.5) is 0 Å². The van der Waals surface area contributed by atoms with Crippen LogP contribution in [0, 0.1) is 11.5 Å². The first-order chi connectivity index (χ1) is 10.5. The highest BCUT2D eigenvalue weighted by atomic mass is 28.3. The predicted molar refractivity (Wildman–Crippen MR) is 99.0 cm³/mol. The van der Waals surface area contributed by atoms with Gasteiger partial charge in [0, 0.05) is 12.0 Å². The summed E-state index contributed by atoms with van der Waals surface area (Å²) in [5.41, 5.74) is 6.22. The number of benzene rings is 1. The number of ether oxygens (including phenoxy) is 1. The molecule has 2 nitrogen and oxygen atoms in total. The van der Waals surface area contributed by atoms with Crippen LogP contribution < -0.4 is 4.74 Å². The Hall–Kier alpha value is -1.53. The summed E-state index contributed by atoms with van der Waals surface area (Å²) >= 11 is 0. The van der Waals surface area contributed by atoms with Crippen LogP contribution >= 0.6 is 0 Å². The van der Waals surface area contributed by atoms with E-state index in [0.29, 0.717) is 12.2 Å². The van der Waals surface area contributed by atoms with E-state index in [4.69, 9.17) is 4.74 Å². The van der Waals surface area contributed by atoms with Crippen molar-refractivity contribution in [3.05, 3.63) is 28.8 Å². The Balaban J connectivity index is 2.64. The van der Waals surface area contributed by atoms with Crippen LogP contribution in [0.1, 0.15) is 62.0 Å². The smallest absolute Gasteiger partial charge is 0.166 e. The normalized spacial score (nSPS) is 16.6. The first-order valence-corrected chi connectivity index (χ1v) is 11.9. The number of hydrogen-bond acceptors (Lipinski definition) is 2. The van der Waals surface area contributed by atoms with Gasteiger partial charge in [0.25, 0.3) is 0 Å². The first-order valence-electron chi connectivity index (χ1n) is 8.41. The minimum absolute atomic E-state index is 0.0187. The van der Waals surface area contributed by atoms with Gasteiger partial charge in [-0.1, -0.05) is 39.4 Å². The van der Waals surface area contributed by atoms with Gasteiger partial charge < -0.3 is 4.74 Å². The molecule has 1 aromatic carbocycles. The lowest BCUT2D eigenvalue weighted by molar-refractivity contribution is 0.0949. The second kappa shape index (κ2) is 6.17. The molecule has 2 rings (SSSR count). The molecule has 0 fully saturated rings. The zero-order valence-corrected chi connectivity index (χ0v) is 16.5. The van der Waals surface area contributed by atoms with Crippen molar-refractivity contribution in [3.8, 4) is 17.2 Å². The molecular formula is C20H28O2Si. The molecule has 0 atom stereocenters. The molecule has 0 spiro atoms. The second-order valence-electron chi connectivity index (χ2n) is 8.37. The Morgan fingerprint density at radius 3 is 2.43 bits per heavy atom. The maximum Gasteiger partial charge on any atom is 0.166 e. The number of fused-ring (bicyclic) bond motifs is 1. The third kappa shape index (κ3) is 4.26. The summed E-state index contributed by atoms with van der Waals surface area (Å²) in [5, 5.41) is 0. The van der Waals surface area contributed by atoms with Crippen molar-refractivity contribution in [2.24, 2.45) is 0 Å². The van der Waals surface area contributed by atoms with E-state index in [2.05, 4.69) is 51.0 Å². The minimum atomic E-state index is -1.44. The van der Waals surface area contributed by atoms with E-state index in [1.54, 1.807) is 0 Å². The molecule has 0 radical (unpaired) electrons. The molecule has 23 heavy (non-hydrogen) atoms. The third-order valence-corrected chi connectivity index (χ3v) is 4.91. The van der Waals surface area contributed by atoms with Gasteiger partial charge in [0.1, 0.15) is 13.8 Å². The molecule has 1 aliphatic carbocycles. The molecule has 0 unspecified atom stereocenters. The molecule has 0 bridgehead atoms. The summed E-state index contributed by atoms with van der Waals surface area (Å²) in [4.78, 5) is 12.5. The quantitative estimate of drug-likeness (QED) is 0.567. The van der Waals surface area contributed by atoms with Crippen LogP contribution in [0.15, 0.2) is 12.1 Å². The van der Waals surface area contributed by atoms with E-state index in [-0.39, 0.29) is 17.3 Å². The molecule has 0 aliphatic heterocycles. The fourth-order valence-electron chi connectivity index (χ4n) is 2.80. The fraction of sp³-hybridized carbons (Fsp3) is 0.550. The lowest BCUT2D eigenvalue weighted by atomic mass is 9.71. The molecule has 124 valence electrons. The molecule has 0 aromatic heterocycles. The molecule has 0 amide bonds. The Labute approximate surface area is 141 Å². The van der Waals surface area contributed by atoms with Crippen LogP contribution in [0.5, 0.6) is 5.75 Å². The van der Waals surface area contributed by atoms with Gasteiger partial charge in [-0.05, 0) is 43.4 Å². The van der Waals surface area contributed by atoms with Gasteiger partial charge in [-0.3, -0.25) is 4.79 Å². The maximum absolute atomic E-state index is 12.5. The fourth-order valence-corrected chi connectivity index (χ4v) is 3.32. The van der Waals surface area contributed by atoms with Crippen LogP contribution in [0.25, 0.3) is 0 Å². The lowest BCUT2D eigenvalue weighted by Gasteiger charge is -2.33. The largest absolute Gasteiger partial charge is 0.490 e. The molecule has 0 heterocycles.